The van der Waals surface area contributed by atoms with Crippen LogP contribution in [0.2, 0.25) is 0 Å². The van der Waals surface area contributed by atoms with E-state index in [0.29, 0.717) is 0 Å². The van der Waals surface area contributed by atoms with Gasteiger partial charge in [-0.05, 0) is 27.7 Å². The van der Waals surface area contributed by atoms with Gasteiger partial charge in [0, 0.05) is 0 Å². The van der Waals surface area contributed by atoms with Gasteiger partial charge in [0.05, 0.1) is 5.60 Å². The highest BCUT2D eigenvalue weighted by Crippen LogP contribution is 2.50. The topological polar surface area (TPSA) is 38.8 Å². The molecule has 0 N–H and O–H groups in total. The fourth-order valence-corrected chi connectivity index (χ4v) is 1.42. The summed E-state index contributed by atoms with van der Waals surface area (Å²) >= 11 is 0. The summed E-state index contributed by atoms with van der Waals surface area (Å²) in [6.07, 6.45) is -5.88. The first kappa shape index (κ1) is 12.3. The van der Waals surface area contributed by atoms with Gasteiger partial charge in [-0.1, -0.05) is 0 Å². The Morgan fingerprint density at radius 3 is 2.00 bits per heavy atom. The highest BCUT2D eigenvalue weighted by atomic mass is 19.4. The molecular formula is C9H13F3O3. The van der Waals surface area contributed by atoms with Crippen LogP contribution < -0.4 is 0 Å². The number of alkyl halides is 3. The Labute approximate surface area is 85.5 Å². The van der Waals surface area contributed by atoms with E-state index < -0.39 is 29.5 Å². The highest BCUT2D eigenvalue weighted by Gasteiger charge is 2.65. The molecule has 1 aliphatic heterocycles. The molecule has 88 valence electrons. The lowest BCUT2D eigenvalue weighted by Gasteiger charge is -2.19. The van der Waals surface area contributed by atoms with Gasteiger partial charge in [-0.2, -0.15) is 13.2 Å². The SMILES string of the molecule is C[C@@H](OC(=O)C(F)(F)F)[C@@]1(C)OC1(C)C. The van der Waals surface area contributed by atoms with E-state index in [-0.39, 0.29) is 0 Å². The number of hydrogen-bond acceptors (Lipinski definition) is 3. The molecule has 0 aromatic heterocycles. The zero-order valence-electron chi connectivity index (χ0n) is 8.94. The molecule has 2 atom stereocenters. The van der Waals surface area contributed by atoms with E-state index in [2.05, 4.69) is 4.74 Å². The Balaban J connectivity index is 2.59. The van der Waals surface area contributed by atoms with Crippen molar-refractivity contribution in [1.29, 1.82) is 0 Å². The summed E-state index contributed by atoms with van der Waals surface area (Å²) in [5.41, 5.74) is -1.40. The fourth-order valence-electron chi connectivity index (χ4n) is 1.42. The lowest BCUT2D eigenvalue weighted by molar-refractivity contribution is -0.206. The van der Waals surface area contributed by atoms with Crippen molar-refractivity contribution < 1.29 is 27.4 Å². The highest BCUT2D eigenvalue weighted by molar-refractivity contribution is 5.75. The van der Waals surface area contributed by atoms with E-state index in [9.17, 15) is 18.0 Å². The molecular weight excluding hydrogens is 213 g/mol. The van der Waals surface area contributed by atoms with Gasteiger partial charge in [-0.15, -0.1) is 0 Å². The van der Waals surface area contributed by atoms with Crippen LogP contribution in [0.4, 0.5) is 13.2 Å². The number of epoxide rings is 1. The number of halogens is 3. The average Bonchev–Trinajstić information content (AvgIpc) is 2.50. The second-order valence-corrected chi connectivity index (χ2v) is 4.26. The van der Waals surface area contributed by atoms with Crippen LogP contribution in [0.1, 0.15) is 27.7 Å². The molecule has 0 spiro atoms. The zero-order chi connectivity index (χ0) is 12.1. The monoisotopic (exact) mass is 226 g/mol. The van der Waals surface area contributed by atoms with Crippen molar-refractivity contribution in [2.45, 2.75) is 51.2 Å². The van der Waals surface area contributed by atoms with Gasteiger partial charge < -0.3 is 9.47 Å². The Morgan fingerprint density at radius 1 is 1.33 bits per heavy atom. The quantitative estimate of drug-likeness (QED) is 0.534. The van der Waals surface area contributed by atoms with Crippen molar-refractivity contribution in [3.63, 3.8) is 0 Å². The maximum atomic E-state index is 11.9. The molecule has 0 radical (unpaired) electrons. The van der Waals surface area contributed by atoms with Crippen LogP contribution in [-0.4, -0.2) is 29.5 Å². The Bertz CT molecular complexity index is 285. The molecule has 1 rings (SSSR count). The summed E-state index contributed by atoms with van der Waals surface area (Å²) in [4.78, 5) is 10.6. The Hall–Kier alpha value is -0.780. The first-order valence-corrected chi connectivity index (χ1v) is 4.49. The number of carbonyl (C=O) groups is 1. The predicted molar refractivity (Wildman–Crippen MR) is 45.2 cm³/mol. The minimum Gasteiger partial charge on any atom is -0.453 e. The van der Waals surface area contributed by atoms with Crippen LogP contribution in [0, 0.1) is 0 Å². The Morgan fingerprint density at radius 2 is 1.73 bits per heavy atom. The lowest BCUT2D eigenvalue weighted by Crippen LogP contribution is -2.38. The third-order valence-electron chi connectivity index (χ3n) is 2.91. The van der Waals surface area contributed by atoms with E-state index in [1.165, 1.54) is 6.92 Å². The van der Waals surface area contributed by atoms with Crippen molar-refractivity contribution >= 4 is 5.97 Å². The van der Waals surface area contributed by atoms with Gasteiger partial charge in [0.15, 0.2) is 0 Å². The molecule has 1 aliphatic rings. The third-order valence-corrected chi connectivity index (χ3v) is 2.91. The average molecular weight is 226 g/mol. The number of carbonyl (C=O) groups excluding carboxylic acids is 1. The van der Waals surface area contributed by atoms with Crippen LogP contribution in [0.25, 0.3) is 0 Å². The summed E-state index contributed by atoms with van der Waals surface area (Å²) in [5.74, 6) is -2.18. The second kappa shape index (κ2) is 3.10. The van der Waals surface area contributed by atoms with E-state index in [1.54, 1.807) is 20.8 Å². The van der Waals surface area contributed by atoms with Crippen molar-refractivity contribution in [3.05, 3.63) is 0 Å². The van der Waals surface area contributed by atoms with E-state index >= 15 is 0 Å². The van der Waals surface area contributed by atoms with Gasteiger partial charge in [0.2, 0.25) is 0 Å². The minimum atomic E-state index is -4.95. The summed E-state index contributed by atoms with van der Waals surface area (Å²) in [5, 5.41) is 0. The molecule has 3 nitrogen and oxygen atoms in total. The molecule has 0 unspecified atom stereocenters. The third kappa shape index (κ3) is 2.09. The normalized spacial score (nSPS) is 30.9. The molecule has 15 heavy (non-hydrogen) atoms. The molecule has 1 fully saturated rings. The van der Waals surface area contributed by atoms with Crippen molar-refractivity contribution in [2.24, 2.45) is 0 Å². The molecule has 0 aromatic rings. The van der Waals surface area contributed by atoms with Crippen LogP contribution in [0.5, 0.6) is 0 Å². The molecule has 0 aromatic carbocycles. The molecule has 1 heterocycles. The molecule has 0 bridgehead atoms. The van der Waals surface area contributed by atoms with Gasteiger partial charge >= 0.3 is 12.1 Å². The van der Waals surface area contributed by atoms with Crippen LogP contribution in [0.3, 0.4) is 0 Å². The molecule has 6 heteroatoms. The van der Waals surface area contributed by atoms with Crippen LogP contribution in [-0.2, 0) is 14.3 Å². The zero-order valence-corrected chi connectivity index (χ0v) is 8.94. The first-order chi connectivity index (χ1) is 6.51. The largest absolute Gasteiger partial charge is 0.490 e. The maximum absolute atomic E-state index is 11.9. The number of hydrogen-bond donors (Lipinski definition) is 0. The first-order valence-electron chi connectivity index (χ1n) is 4.49. The summed E-state index contributed by atoms with van der Waals surface area (Å²) in [7, 11) is 0. The molecule has 0 saturated carbocycles. The van der Waals surface area contributed by atoms with Gasteiger partial charge in [-0.3, -0.25) is 0 Å². The van der Waals surface area contributed by atoms with Crippen molar-refractivity contribution in [2.75, 3.05) is 0 Å². The Kier molecular flexibility index (Phi) is 2.54. The van der Waals surface area contributed by atoms with Gasteiger partial charge in [0.25, 0.3) is 0 Å². The standard InChI is InChI=1S/C9H13F3O3/c1-5(8(4)7(2,3)15-8)14-6(13)9(10,11)12/h5H,1-4H3/t5-,8-/m1/s1. The molecule has 0 aliphatic carbocycles. The van der Waals surface area contributed by atoms with E-state index in [1.807, 2.05) is 0 Å². The van der Waals surface area contributed by atoms with Gasteiger partial charge in [0.1, 0.15) is 11.7 Å². The predicted octanol–water partition coefficient (Wildman–Crippen LogP) is 2.05. The summed E-state index contributed by atoms with van der Waals surface area (Å²) in [6, 6.07) is 0. The van der Waals surface area contributed by atoms with Crippen molar-refractivity contribution in [3.8, 4) is 0 Å². The second-order valence-electron chi connectivity index (χ2n) is 4.26. The number of rotatable bonds is 2. The summed E-state index contributed by atoms with van der Waals surface area (Å²) in [6.45, 7) is 6.45. The lowest BCUT2D eigenvalue weighted by atomic mass is 9.93. The van der Waals surface area contributed by atoms with Crippen LogP contribution in [0.15, 0.2) is 0 Å². The summed E-state index contributed by atoms with van der Waals surface area (Å²) < 4.78 is 45.2. The van der Waals surface area contributed by atoms with Crippen LogP contribution >= 0.6 is 0 Å². The van der Waals surface area contributed by atoms with E-state index in [4.69, 9.17) is 4.74 Å². The van der Waals surface area contributed by atoms with Gasteiger partial charge in [-0.25, -0.2) is 4.79 Å². The minimum absolute atomic E-state index is 0.557. The van der Waals surface area contributed by atoms with Crippen molar-refractivity contribution in [1.82, 2.24) is 0 Å². The molecule has 1 saturated heterocycles. The number of esters is 1. The fraction of sp³-hybridized carbons (Fsp3) is 0.889. The van der Waals surface area contributed by atoms with E-state index in [0.717, 1.165) is 0 Å². The number of ether oxygens (including phenoxy) is 2. The smallest absolute Gasteiger partial charge is 0.453 e. The molecule has 0 amide bonds. The maximum Gasteiger partial charge on any atom is 0.490 e.